The summed E-state index contributed by atoms with van der Waals surface area (Å²) < 4.78 is 0. The predicted molar refractivity (Wildman–Crippen MR) is 26.6 cm³/mol. The summed E-state index contributed by atoms with van der Waals surface area (Å²) in [4.78, 5) is 20.3. The highest BCUT2D eigenvalue weighted by atomic mass is 16.5. The Hall–Kier alpha value is -0.940. The van der Waals surface area contributed by atoms with Gasteiger partial charge in [-0.1, -0.05) is 0 Å². The number of hydrogen-bond donors (Lipinski definition) is 3. The molecule has 0 bridgehead atoms. The summed E-state index contributed by atoms with van der Waals surface area (Å²) in [6.07, 6.45) is -0.258. The molecule has 0 unspecified atom stereocenters. The maximum Gasteiger partial charge on any atom is 0.310 e. The van der Waals surface area contributed by atoms with Crippen molar-refractivity contribution in [1.82, 2.24) is 5.48 Å². The first-order chi connectivity index (χ1) is 4.22. The predicted octanol–water partition coefficient (Wildman–Crippen LogP) is -1.56. The lowest BCUT2D eigenvalue weighted by Gasteiger charge is -1.92. The number of Topliss-reactive ketones (excluding diaryl/α,β-unsaturated/α-hetero) is 1. The van der Waals surface area contributed by atoms with E-state index >= 15 is 0 Å². The fraction of sp³-hybridized carbons (Fsp3) is 0.500. The molecule has 0 aromatic heterocycles. The largest absolute Gasteiger partial charge is 0.396 e. The Morgan fingerprint density at radius 2 is 2.00 bits per heavy atom. The number of hydrogen-bond acceptors (Lipinski definition) is 4. The number of aliphatic hydroxyl groups is 1. The summed E-state index contributed by atoms with van der Waals surface area (Å²) in [5, 5.41) is 15.9. The number of carbonyl (C=O) groups excluding carboxylic acids is 2. The van der Waals surface area contributed by atoms with Crippen LogP contribution in [-0.2, 0) is 9.59 Å². The lowest BCUT2D eigenvalue weighted by molar-refractivity contribution is -0.143. The molecule has 0 radical (unpaired) electrons. The van der Waals surface area contributed by atoms with Crippen molar-refractivity contribution < 1.29 is 19.9 Å². The van der Waals surface area contributed by atoms with Crippen molar-refractivity contribution in [3.8, 4) is 0 Å². The van der Waals surface area contributed by atoms with Crippen LogP contribution in [0.15, 0.2) is 0 Å². The normalized spacial score (nSPS) is 8.67. The third-order valence-corrected chi connectivity index (χ3v) is 0.694. The van der Waals surface area contributed by atoms with Crippen LogP contribution in [0.4, 0.5) is 0 Å². The van der Waals surface area contributed by atoms with Gasteiger partial charge in [0.15, 0.2) is 0 Å². The van der Waals surface area contributed by atoms with Gasteiger partial charge in [-0.05, 0) is 0 Å². The Labute approximate surface area is 51.2 Å². The van der Waals surface area contributed by atoms with E-state index in [1.54, 1.807) is 0 Å². The fourth-order valence-corrected chi connectivity index (χ4v) is 0.277. The molecule has 9 heavy (non-hydrogen) atoms. The maximum atomic E-state index is 10.2. The second-order valence-electron chi connectivity index (χ2n) is 1.34. The quantitative estimate of drug-likeness (QED) is 0.247. The van der Waals surface area contributed by atoms with Gasteiger partial charge in [-0.15, -0.1) is 0 Å². The van der Waals surface area contributed by atoms with Crippen LogP contribution in [-0.4, -0.2) is 28.6 Å². The van der Waals surface area contributed by atoms with Gasteiger partial charge < -0.3 is 5.11 Å². The van der Waals surface area contributed by atoms with E-state index in [2.05, 4.69) is 0 Å². The second kappa shape index (κ2) is 3.99. The highest BCUT2D eigenvalue weighted by molar-refractivity contribution is 6.35. The van der Waals surface area contributed by atoms with Crippen LogP contribution >= 0.6 is 0 Å². The van der Waals surface area contributed by atoms with Crippen LogP contribution in [0.1, 0.15) is 6.42 Å². The molecule has 0 atom stereocenters. The first-order valence-electron chi connectivity index (χ1n) is 2.30. The van der Waals surface area contributed by atoms with E-state index in [0.29, 0.717) is 0 Å². The Kier molecular flexibility index (Phi) is 3.57. The molecule has 52 valence electrons. The van der Waals surface area contributed by atoms with Crippen molar-refractivity contribution in [2.45, 2.75) is 6.42 Å². The molecule has 0 spiro atoms. The molecule has 0 saturated carbocycles. The highest BCUT2D eigenvalue weighted by Gasteiger charge is 2.09. The summed E-state index contributed by atoms with van der Waals surface area (Å²) in [5.74, 6) is -1.93. The van der Waals surface area contributed by atoms with Gasteiger partial charge in [0.1, 0.15) is 0 Å². The topological polar surface area (TPSA) is 86.6 Å². The van der Waals surface area contributed by atoms with Gasteiger partial charge in [0.2, 0.25) is 5.78 Å². The van der Waals surface area contributed by atoms with Crippen molar-refractivity contribution in [3.63, 3.8) is 0 Å². The van der Waals surface area contributed by atoms with Crippen molar-refractivity contribution in [1.29, 1.82) is 0 Å². The lowest BCUT2D eigenvalue weighted by atomic mass is 10.3. The van der Waals surface area contributed by atoms with E-state index in [-0.39, 0.29) is 13.0 Å². The molecule has 1 amide bonds. The third-order valence-electron chi connectivity index (χ3n) is 0.694. The molecular weight excluding hydrogens is 126 g/mol. The summed E-state index contributed by atoms with van der Waals surface area (Å²) in [6, 6.07) is 0. The Balaban J connectivity index is 3.60. The van der Waals surface area contributed by atoms with E-state index in [0.717, 1.165) is 5.48 Å². The number of rotatable bonds is 3. The Morgan fingerprint density at radius 3 is 2.33 bits per heavy atom. The van der Waals surface area contributed by atoms with Gasteiger partial charge in [-0.25, -0.2) is 5.48 Å². The highest BCUT2D eigenvalue weighted by Crippen LogP contribution is 1.78. The van der Waals surface area contributed by atoms with Gasteiger partial charge >= 0.3 is 5.91 Å². The van der Waals surface area contributed by atoms with E-state index in [9.17, 15) is 9.59 Å². The summed E-state index contributed by atoms with van der Waals surface area (Å²) in [5.41, 5.74) is 1.15. The lowest BCUT2D eigenvalue weighted by Crippen LogP contribution is -2.28. The maximum absolute atomic E-state index is 10.2. The summed E-state index contributed by atoms with van der Waals surface area (Å²) >= 11 is 0. The molecule has 5 nitrogen and oxygen atoms in total. The van der Waals surface area contributed by atoms with Crippen LogP contribution in [0.3, 0.4) is 0 Å². The zero-order valence-corrected chi connectivity index (χ0v) is 4.63. The van der Waals surface area contributed by atoms with Crippen LogP contribution in [0.25, 0.3) is 0 Å². The first kappa shape index (κ1) is 8.06. The molecule has 0 aromatic carbocycles. The summed E-state index contributed by atoms with van der Waals surface area (Å²) in [6.45, 7) is -0.383. The third kappa shape index (κ3) is 2.78. The summed E-state index contributed by atoms with van der Waals surface area (Å²) in [7, 11) is 0. The van der Waals surface area contributed by atoms with Crippen LogP contribution in [0.2, 0.25) is 0 Å². The van der Waals surface area contributed by atoms with E-state index in [1.807, 2.05) is 0 Å². The number of hydroxylamine groups is 1. The molecule has 0 fully saturated rings. The van der Waals surface area contributed by atoms with E-state index in [1.165, 1.54) is 0 Å². The monoisotopic (exact) mass is 133 g/mol. The standard InChI is InChI=1S/C4H7NO4/c6-2-1-3(7)4(8)5-9/h6,9H,1-2H2,(H,5,8). The minimum Gasteiger partial charge on any atom is -0.396 e. The molecule has 3 N–H and O–H groups in total. The molecule has 0 heterocycles. The van der Waals surface area contributed by atoms with Gasteiger partial charge in [0.05, 0.1) is 6.61 Å². The van der Waals surface area contributed by atoms with Crippen molar-refractivity contribution in [3.05, 3.63) is 0 Å². The van der Waals surface area contributed by atoms with Gasteiger partial charge in [-0.2, -0.15) is 0 Å². The molecule has 0 saturated heterocycles. The Bertz CT molecular complexity index is 122. The molecule has 0 aromatic rings. The molecule has 5 heteroatoms. The first-order valence-corrected chi connectivity index (χ1v) is 2.30. The number of ketones is 1. The van der Waals surface area contributed by atoms with Crippen LogP contribution in [0.5, 0.6) is 0 Å². The zero-order valence-electron chi connectivity index (χ0n) is 4.63. The zero-order chi connectivity index (χ0) is 7.28. The number of carbonyl (C=O) groups is 2. The molecular formula is C4H7NO4. The van der Waals surface area contributed by atoms with Gasteiger partial charge in [0.25, 0.3) is 0 Å². The minimum atomic E-state index is -1.09. The van der Waals surface area contributed by atoms with Gasteiger partial charge in [0, 0.05) is 6.42 Å². The average molecular weight is 133 g/mol. The SMILES string of the molecule is O=C(CCO)C(=O)NO. The smallest absolute Gasteiger partial charge is 0.310 e. The molecule has 0 rings (SSSR count). The van der Waals surface area contributed by atoms with Crippen molar-refractivity contribution in [2.24, 2.45) is 0 Å². The number of aliphatic hydroxyl groups excluding tert-OH is 1. The van der Waals surface area contributed by atoms with Crippen molar-refractivity contribution in [2.75, 3.05) is 6.61 Å². The van der Waals surface area contributed by atoms with Crippen LogP contribution in [0, 0.1) is 0 Å². The second-order valence-corrected chi connectivity index (χ2v) is 1.34. The Morgan fingerprint density at radius 1 is 1.44 bits per heavy atom. The fourth-order valence-electron chi connectivity index (χ4n) is 0.277. The molecule has 0 aliphatic carbocycles. The van der Waals surface area contributed by atoms with Crippen molar-refractivity contribution >= 4 is 11.7 Å². The number of amides is 1. The molecule has 0 aliphatic heterocycles. The average Bonchev–Trinajstić information content (AvgIpc) is 1.87. The minimum absolute atomic E-state index is 0.258. The van der Waals surface area contributed by atoms with E-state index in [4.69, 9.17) is 10.3 Å². The van der Waals surface area contributed by atoms with E-state index < -0.39 is 11.7 Å². The van der Waals surface area contributed by atoms with Gasteiger partial charge in [-0.3, -0.25) is 14.8 Å². The number of nitrogens with one attached hydrogen (secondary N) is 1. The molecule has 0 aliphatic rings. The van der Waals surface area contributed by atoms with Crippen LogP contribution < -0.4 is 5.48 Å².